The third kappa shape index (κ3) is 3.13. The van der Waals surface area contributed by atoms with Gasteiger partial charge in [-0.3, -0.25) is 0 Å². The molecule has 94 valence electrons. The number of ether oxygens (including phenoxy) is 1. The van der Waals surface area contributed by atoms with Crippen LogP contribution in [0.2, 0.25) is 0 Å². The fourth-order valence-electron chi connectivity index (χ4n) is 1.93. The molecule has 0 aliphatic heterocycles. The Morgan fingerprint density at radius 2 is 1.72 bits per heavy atom. The van der Waals surface area contributed by atoms with Gasteiger partial charge in [-0.2, -0.15) is 0 Å². The number of hydrogen-bond acceptors (Lipinski definition) is 1. The van der Waals surface area contributed by atoms with Crippen LogP contribution in [-0.4, -0.2) is 0 Å². The lowest BCUT2D eigenvalue weighted by atomic mass is 10.0. The topological polar surface area (TPSA) is 9.23 Å². The van der Waals surface area contributed by atoms with Crippen molar-refractivity contribution >= 4 is 0 Å². The zero-order valence-electron chi connectivity index (χ0n) is 11.3. The van der Waals surface area contributed by atoms with Crippen LogP contribution >= 0.6 is 0 Å². The second-order valence-electron chi connectivity index (χ2n) is 4.95. The molecule has 0 amide bonds. The van der Waals surface area contributed by atoms with Crippen LogP contribution < -0.4 is 4.74 Å². The van der Waals surface area contributed by atoms with Gasteiger partial charge >= 0.3 is 0 Å². The molecule has 18 heavy (non-hydrogen) atoms. The van der Waals surface area contributed by atoms with E-state index >= 15 is 0 Å². The minimum atomic E-state index is 0.562. The number of hydrogen-bond donors (Lipinski definition) is 0. The summed E-state index contributed by atoms with van der Waals surface area (Å²) < 4.78 is 5.86. The molecule has 0 saturated heterocycles. The molecule has 0 N–H and O–H groups in total. The summed E-state index contributed by atoms with van der Waals surface area (Å²) in [5.74, 6) is 1.54. The van der Waals surface area contributed by atoms with Crippen LogP contribution in [0.1, 0.15) is 36.5 Å². The molecule has 0 aliphatic rings. The van der Waals surface area contributed by atoms with E-state index in [1.54, 1.807) is 0 Å². The summed E-state index contributed by atoms with van der Waals surface area (Å²) in [5.41, 5.74) is 3.77. The molecule has 0 aromatic heterocycles. The quantitative estimate of drug-likeness (QED) is 0.752. The number of aryl methyl sites for hydroxylation is 1. The molecule has 1 heteroatoms. The molecule has 0 aliphatic carbocycles. The Bertz CT molecular complexity index is 500. The SMILES string of the molecule is Cc1cc(C(C)C)ccc1OCc1ccccc1. The molecule has 1 nitrogen and oxygen atoms in total. The van der Waals surface area contributed by atoms with Gasteiger partial charge in [-0.15, -0.1) is 0 Å². The van der Waals surface area contributed by atoms with Crippen molar-refractivity contribution < 1.29 is 4.74 Å². The monoisotopic (exact) mass is 240 g/mol. The Morgan fingerprint density at radius 3 is 2.33 bits per heavy atom. The summed E-state index contributed by atoms with van der Waals surface area (Å²) in [6.45, 7) is 7.15. The summed E-state index contributed by atoms with van der Waals surface area (Å²) >= 11 is 0. The van der Waals surface area contributed by atoms with E-state index in [4.69, 9.17) is 4.74 Å². The van der Waals surface area contributed by atoms with E-state index in [-0.39, 0.29) is 0 Å². The van der Waals surface area contributed by atoms with Crippen LogP contribution in [0.5, 0.6) is 5.75 Å². The molecule has 0 spiro atoms. The average Bonchev–Trinajstić information content (AvgIpc) is 2.38. The first kappa shape index (κ1) is 12.7. The second-order valence-corrected chi connectivity index (χ2v) is 4.95. The van der Waals surface area contributed by atoms with E-state index < -0.39 is 0 Å². The highest BCUT2D eigenvalue weighted by Gasteiger charge is 2.04. The third-order valence-corrected chi connectivity index (χ3v) is 3.10. The highest BCUT2D eigenvalue weighted by atomic mass is 16.5. The molecule has 0 fully saturated rings. The van der Waals surface area contributed by atoms with Gasteiger partial charge in [0, 0.05) is 0 Å². The Kier molecular flexibility index (Phi) is 4.03. The Hall–Kier alpha value is -1.76. The largest absolute Gasteiger partial charge is 0.489 e. The first-order chi connectivity index (χ1) is 8.66. The zero-order valence-corrected chi connectivity index (χ0v) is 11.3. The number of rotatable bonds is 4. The van der Waals surface area contributed by atoms with E-state index in [9.17, 15) is 0 Å². The normalized spacial score (nSPS) is 10.7. The van der Waals surface area contributed by atoms with Gasteiger partial charge in [0.15, 0.2) is 0 Å². The Morgan fingerprint density at radius 1 is 1.00 bits per heavy atom. The molecule has 2 rings (SSSR count). The van der Waals surface area contributed by atoms with Crippen LogP contribution in [0.15, 0.2) is 48.5 Å². The lowest BCUT2D eigenvalue weighted by Crippen LogP contribution is -1.98. The molecule has 0 radical (unpaired) electrons. The van der Waals surface area contributed by atoms with Crippen LogP contribution in [0.4, 0.5) is 0 Å². The Balaban J connectivity index is 2.06. The van der Waals surface area contributed by atoms with Gasteiger partial charge in [0.2, 0.25) is 0 Å². The molecule has 2 aromatic carbocycles. The molecule has 0 heterocycles. The highest BCUT2D eigenvalue weighted by Crippen LogP contribution is 2.24. The van der Waals surface area contributed by atoms with Crippen molar-refractivity contribution in [1.29, 1.82) is 0 Å². The van der Waals surface area contributed by atoms with Crippen molar-refractivity contribution in [1.82, 2.24) is 0 Å². The van der Waals surface area contributed by atoms with Gasteiger partial charge in [-0.05, 0) is 35.6 Å². The van der Waals surface area contributed by atoms with Crippen molar-refractivity contribution in [2.24, 2.45) is 0 Å². The molecule has 0 unspecified atom stereocenters. The van der Waals surface area contributed by atoms with Crippen LogP contribution in [0.25, 0.3) is 0 Å². The minimum absolute atomic E-state index is 0.562. The highest BCUT2D eigenvalue weighted by molar-refractivity contribution is 5.37. The predicted molar refractivity (Wildman–Crippen MR) is 76.0 cm³/mol. The first-order valence-electron chi connectivity index (χ1n) is 6.44. The van der Waals surface area contributed by atoms with E-state index in [2.05, 4.69) is 51.1 Å². The number of benzene rings is 2. The molecule has 0 bridgehead atoms. The van der Waals surface area contributed by atoms with Gasteiger partial charge in [0.1, 0.15) is 12.4 Å². The molecule has 0 atom stereocenters. The summed E-state index contributed by atoms with van der Waals surface area (Å²) in [4.78, 5) is 0. The maximum Gasteiger partial charge on any atom is 0.122 e. The van der Waals surface area contributed by atoms with Gasteiger partial charge in [-0.25, -0.2) is 0 Å². The van der Waals surface area contributed by atoms with Crippen molar-refractivity contribution in [2.45, 2.75) is 33.3 Å². The van der Waals surface area contributed by atoms with Crippen molar-refractivity contribution in [2.75, 3.05) is 0 Å². The lowest BCUT2D eigenvalue weighted by molar-refractivity contribution is 0.304. The molecule has 0 saturated carbocycles. The lowest BCUT2D eigenvalue weighted by Gasteiger charge is -2.12. The van der Waals surface area contributed by atoms with Gasteiger partial charge in [0.25, 0.3) is 0 Å². The molecular formula is C17H20O. The standard InChI is InChI=1S/C17H20O/c1-13(2)16-9-10-17(14(3)11-16)18-12-15-7-5-4-6-8-15/h4-11,13H,12H2,1-3H3. The summed E-state index contributed by atoms with van der Waals surface area (Å²) in [6.07, 6.45) is 0. The second kappa shape index (κ2) is 5.72. The maximum atomic E-state index is 5.86. The summed E-state index contributed by atoms with van der Waals surface area (Å²) in [5, 5.41) is 0. The fraction of sp³-hybridized carbons (Fsp3) is 0.294. The Labute approximate surface area is 109 Å². The first-order valence-corrected chi connectivity index (χ1v) is 6.44. The smallest absolute Gasteiger partial charge is 0.122 e. The van der Waals surface area contributed by atoms with Gasteiger partial charge < -0.3 is 4.74 Å². The van der Waals surface area contributed by atoms with E-state index in [1.165, 1.54) is 16.7 Å². The van der Waals surface area contributed by atoms with Gasteiger partial charge in [0.05, 0.1) is 0 Å². The molecule has 2 aromatic rings. The summed E-state index contributed by atoms with van der Waals surface area (Å²) in [6, 6.07) is 16.7. The van der Waals surface area contributed by atoms with Crippen molar-refractivity contribution in [3.8, 4) is 5.75 Å². The molecular weight excluding hydrogens is 220 g/mol. The van der Waals surface area contributed by atoms with E-state index in [1.807, 2.05) is 18.2 Å². The maximum absolute atomic E-state index is 5.86. The van der Waals surface area contributed by atoms with Crippen LogP contribution in [0, 0.1) is 6.92 Å². The fourth-order valence-corrected chi connectivity index (χ4v) is 1.93. The van der Waals surface area contributed by atoms with Crippen LogP contribution in [0.3, 0.4) is 0 Å². The third-order valence-electron chi connectivity index (χ3n) is 3.10. The van der Waals surface area contributed by atoms with Crippen LogP contribution in [-0.2, 0) is 6.61 Å². The summed E-state index contributed by atoms with van der Waals surface area (Å²) in [7, 11) is 0. The van der Waals surface area contributed by atoms with E-state index in [0.717, 1.165) is 5.75 Å². The van der Waals surface area contributed by atoms with Crippen molar-refractivity contribution in [3.63, 3.8) is 0 Å². The minimum Gasteiger partial charge on any atom is -0.489 e. The van der Waals surface area contributed by atoms with Crippen molar-refractivity contribution in [3.05, 3.63) is 65.2 Å². The van der Waals surface area contributed by atoms with E-state index in [0.29, 0.717) is 12.5 Å². The average molecular weight is 240 g/mol. The van der Waals surface area contributed by atoms with Gasteiger partial charge in [-0.1, -0.05) is 56.3 Å². The zero-order chi connectivity index (χ0) is 13.0. The predicted octanol–water partition coefficient (Wildman–Crippen LogP) is 4.70.